The van der Waals surface area contributed by atoms with E-state index in [1.807, 2.05) is 48.0 Å². The molecule has 1 aliphatic heterocycles. The lowest BCUT2D eigenvalue weighted by Crippen LogP contribution is -2.36. The molecule has 0 radical (unpaired) electrons. The molecule has 1 fully saturated rings. The number of ketones is 1. The first-order valence-corrected chi connectivity index (χ1v) is 12.3. The normalized spacial score (nSPS) is 16.9. The number of rotatable bonds is 6. The van der Waals surface area contributed by atoms with Gasteiger partial charge in [-0.05, 0) is 55.7 Å². The van der Waals surface area contributed by atoms with Crippen molar-refractivity contribution in [3.8, 4) is 0 Å². The molecule has 2 N–H and O–H groups in total. The Balaban J connectivity index is 1.31. The molecule has 1 amide bonds. The average Bonchev–Trinajstić information content (AvgIpc) is 3.50. The number of aliphatic hydroxyl groups is 1. The lowest BCUT2D eigenvalue weighted by atomic mass is 9.97. The molecule has 0 spiro atoms. The zero-order valence-electron chi connectivity index (χ0n) is 18.8. The Labute approximate surface area is 205 Å². The van der Waals surface area contributed by atoms with Gasteiger partial charge in [0.15, 0.2) is 10.9 Å². The number of likely N-dealkylation sites (tertiary alicyclic amines) is 1. The number of carbonyl (C=O) groups is 2. The van der Waals surface area contributed by atoms with Crippen LogP contribution in [0.1, 0.15) is 30.1 Å². The molecule has 4 aromatic rings. The molecule has 3 heterocycles. The third kappa shape index (κ3) is 4.38. The molecule has 1 aliphatic rings. The predicted octanol–water partition coefficient (Wildman–Crippen LogP) is 4.38. The highest BCUT2D eigenvalue weighted by Crippen LogP contribution is 2.31. The van der Waals surface area contributed by atoms with Crippen molar-refractivity contribution in [2.75, 3.05) is 18.4 Å². The summed E-state index contributed by atoms with van der Waals surface area (Å²) in [6.07, 6.45) is 0.114. The Morgan fingerprint density at radius 3 is 2.85 bits per heavy atom. The minimum Gasteiger partial charge on any atom is -0.384 e. The quantitative estimate of drug-likeness (QED) is 0.383. The summed E-state index contributed by atoms with van der Waals surface area (Å²) in [5.41, 5.74) is 3.09. The van der Waals surface area contributed by atoms with Crippen LogP contribution in [0, 0.1) is 5.92 Å². The maximum atomic E-state index is 12.9. The number of aryl methyl sites for hydroxylation is 1. The Morgan fingerprint density at radius 2 is 2.06 bits per heavy atom. The van der Waals surface area contributed by atoms with Crippen molar-refractivity contribution in [3.63, 3.8) is 0 Å². The maximum absolute atomic E-state index is 12.9. The largest absolute Gasteiger partial charge is 0.384 e. The van der Waals surface area contributed by atoms with E-state index in [2.05, 4.69) is 15.3 Å². The molecule has 0 unspecified atom stereocenters. The van der Waals surface area contributed by atoms with Gasteiger partial charge in [-0.3, -0.25) is 9.59 Å². The molecule has 0 saturated carbocycles. The van der Waals surface area contributed by atoms with Gasteiger partial charge in [0.25, 0.3) is 5.91 Å². The van der Waals surface area contributed by atoms with E-state index in [1.54, 1.807) is 4.90 Å². The molecule has 34 heavy (non-hydrogen) atoms. The number of hydrogen-bond acceptors (Lipinski definition) is 7. The van der Waals surface area contributed by atoms with Gasteiger partial charge in [-0.2, -0.15) is 0 Å². The van der Waals surface area contributed by atoms with Gasteiger partial charge in [-0.25, -0.2) is 9.97 Å². The topological polar surface area (TPSA) is 100 Å². The van der Waals surface area contributed by atoms with Crippen molar-refractivity contribution in [1.82, 2.24) is 19.4 Å². The highest BCUT2D eigenvalue weighted by Gasteiger charge is 2.29. The van der Waals surface area contributed by atoms with Gasteiger partial charge >= 0.3 is 0 Å². The molecule has 176 valence electrons. The third-order valence-corrected chi connectivity index (χ3v) is 7.37. The van der Waals surface area contributed by atoms with Gasteiger partial charge in [0.2, 0.25) is 5.95 Å². The van der Waals surface area contributed by atoms with E-state index in [0.717, 1.165) is 27.7 Å². The maximum Gasteiger partial charge on any atom is 0.251 e. The van der Waals surface area contributed by atoms with Crippen molar-refractivity contribution >= 4 is 67.0 Å². The first kappa shape index (κ1) is 22.8. The summed E-state index contributed by atoms with van der Waals surface area (Å²) in [5, 5.41) is 14.2. The zero-order valence-corrected chi connectivity index (χ0v) is 20.4. The summed E-state index contributed by atoms with van der Waals surface area (Å²) in [6, 6.07) is 11.1. The number of aromatic nitrogens is 3. The molecule has 2 aromatic heterocycles. The monoisotopic (exact) mass is 497 g/mol. The Kier molecular flexibility index (Phi) is 6.01. The van der Waals surface area contributed by atoms with Crippen LogP contribution in [0.4, 0.5) is 11.1 Å². The molecular formula is C24H24ClN5O3S. The fraction of sp³-hybridized carbons (Fsp3) is 0.333. The van der Waals surface area contributed by atoms with Crippen LogP contribution < -0.4 is 5.32 Å². The van der Waals surface area contributed by atoms with Gasteiger partial charge in [-0.15, -0.1) is 0 Å². The van der Waals surface area contributed by atoms with Crippen molar-refractivity contribution in [2.24, 2.45) is 13.0 Å². The number of carbonyl (C=O) groups excluding carboxylic acids is 2. The minimum atomic E-state index is -1.01. The summed E-state index contributed by atoms with van der Waals surface area (Å²) in [6.45, 7) is 2.55. The number of thiazole rings is 1. The van der Waals surface area contributed by atoms with Crippen molar-refractivity contribution in [2.45, 2.75) is 25.9 Å². The average molecular weight is 498 g/mol. The van der Waals surface area contributed by atoms with E-state index in [1.165, 1.54) is 18.3 Å². The number of nitrogens with zero attached hydrogens (tertiary/aromatic N) is 4. The molecule has 5 rings (SSSR count). The van der Waals surface area contributed by atoms with Crippen LogP contribution in [0.25, 0.3) is 21.3 Å². The highest BCUT2D eigenvalue weighted by molar-refractivity contribution is 7.22. The smallest absolute Gasteiger partial charge is 0.251 e. The fourth-order valence-corrected chi connectivity index (χ4v) is 5.51. The number of anilines is 2. The molecule has 10 heteroatoms. The van der Waals surface area contributed by atoms with Crippen molar-refractivity contribution in [3.05, 3.63) is 47.0 Å². The Hall–Kier alpha value is -3.01. The second-order valence-electron chi connectivity index (χ2n) is 8.70. The van der Waals surface area contributed by atoms with Crippen LogP contribution in [-0.2, 0) is 11.8 Å². The number of halogens is 1. The van der Waals surface area contributed by atoms with Crippen LogP contribution in [0.2, 0.25) is 5.02 Å². The van der Waals surface area contributed by atoms with E-state index in [0.29, 0.717) is 41.2 Å². The number of fused-ring (bicyclic) bond motifs is 2. The number of nitrogens with one attached hydrogen (secondary N) is 1. The standard InChI is InChI=1S/C24H24ClN5O3S/c1-13(31)22(33)30-8-7-14(12-30)9-20(32)15-3-6-19-18(10-15)26-23(29(19)2)28-24-27-17-5-4-16(25)11-21(17)34-24/h3-6,10-11,13-14,31H,7-9,12H2,1-2H3,(H,26,27,28)/t13-,14-/m0/s1. The highest BCUT2D eigenvalue weighted by atomic mass is 35.5. The number of imidazole rings is 1. The molecule has 0 aliphatic carbocycles. The lowest BCUT2D eigenvalue weighted by Gasteiger charge is -2.17. The van der Waals surface area contributed by atoms with E-state index in [4.69, 9.17) is 11.6 Å². The van der Waals surface area contributed by atoms with Crippen LogP contribution in [0.15, 0.2) is 36.4 Å². The van der Waals surface area contributed by atoms with Crippen LogP contribution >= 0.6 is 22.9 Å². The van der Waals surface area contributed by atoms with Crippen LogP contribution in [-0.4, -0.2) is 55.4 Å². The van der Waals surface area contributed by atoms with E-state index in [-0.39, 0.29) is 17.6 Å². The SMILES string of the molecule is C[C@H](O)C(=O)N1CC[C@@H](CC(=O)c2ccc3c(c2)nc(Nc2nc4ccc(Cl)cc4s2)n3C)C1. The molecule has 2 aromatic carbocycles. The van der Waals surface area contributed by atoms with Gasteiger partial charge in [-0.1, -0.05) is 22.9 Å². The third-order valence-electron chi connectivity index (χ3n) is 6.20. The van der Waals surface area contributed by atoms with E-state index >= 15 is 0 Å². The Morgan fingerprint density at radius 1 is 1.24 bits per heavy atom. The fourth-order valence-electron chi connectivity index (χ4n) is 4.38. The van der Waals surface area contributed by atoms with Crippen molar-refractivity contribution < 1.29 is 14.7 Å². The summed E-state index contributed by atoms with van der Waals surface area (Å²) in [4.78, 5) is 35.8. The summed E-state index contributed by atoms with van der Waals surface area (Å²) >= 11 is 7.58. The molecule has 1 saturated heterocycles. The van der Waals surface area contributed by atoms with Gasteiger partial charge < -0.3 is 19.9 Å². The molecular weight excluding hydrogens is 474 g/mol. The van der Waals surface area contributed by atoms with Gasteiger partial charge in [0, 0.05) is 37.1 Å². The van der Waals surface area contributed by atoms with E-state index in [9.17, 15) is 14.7 Å². The lowest BCUT2D eigenvalue weighted by molar-refractivity contribution is -0.138. The number of hydrogen-bond donors (Lipinski definition) is 2. The first-order valence-electron chi connectivity index (χ1n) is 11.1. The Bertz CT molecular complexity index is 1410. The molecule has 2 atom stereocenters. The second kappa shape index (κ2) is 8.98. The number of amides is 1. The van der Waals surface area contributed by atoms with Crippen molar-refractivity contribution in [1.29, 1.82) is 0 Å². The summed E-state index contributed by atoms with van der Waals surface area (Å²) in [7, 11) is 1.91. The van der Waals surface area contributed by atoms with Gasteiger partial charge in [0.05, 0.1) is 21.3 Å². The summed E-state index contributed by atoms with van der Waals surface area (Å²) in [5.74, 6) is 0.481. The first-order chi connectivity index (χ1) is 16.3. The number of Topliss-reactive ketones (excluding diaryl/α,β-unsaturated/α-hetero) is 1. The van der Waals surface area contributed by atoms with Crippen LogP contribution in [0.3, 0.4) is 0 Å². The molecule has 8 nitrogen and oxygen atoms in total. The van der Waals surface area contributed by atoms with Gasteiger partial charge in [0.1, 0.15) is 6.10 Å². The predicted molar refractivity (Wildman–Crippen MR) is 134 cm³/mol. The van der Waals surface area contributed by atoms with Crippen LogP contribution in [0.5, 0.6) is 0 Å². The number of benzene rings is 2. The molecule has 0 bridgehead atoms. The summed E-state index contributed by atoms with van der Waals surface area (Å²) < 4.78 is 2.92. The van der Waals surface area contributed by atoms with E-state index < -0.39 is 6.10 Å². The second-order valence-corrected chi connectivity index (χ2v) is 10.2. The number of aliphatic hydroxyl groups excluding tert-OH is 1. The zero-order chi connectivity index (χ0) is 24.0. The minimum absolute atomic E-state index is 0.0291.